The molecule has 0 saturated heterocycles. The number of fused-ring (bicyclic) bond motifs is 7. The van der Waals surface area contributed by atoms with Crippen LogP contribution in [0.2, 0.25) is 0 Å². The summed E-state index contributed by atoms with van der Waals surface area (Å²) in [6.07, 6.45) is 9.75. The summed E-state index contributed by atoms with van der Waals surface area (Å²) in [5.74, 6) is 0.146. The van der Waals surface area contributed by atoms with Crippen LogP contribution in [0.25, 0.3) is 0 Å². The molecule has 298 valence electrons. The van der Waals surface area contributed by atoms with E-state index >= 15 is 0 Å². The number of ether oxygens (including phenoxy) is 1. The second-order valence-corrected chi connectivity index (χ2v) is 21.0. The van der Waals surface area contributed by atoms with Gasteiger partial charge in [-0.05, 0) is 129 Å². The summed E-state index contributed by atoms with van der Waals surface area (Å²) in [6.45, 7) is 24.5. The number of ketones is 1. The number of Topliss-reactive ketones (excluding diaryl/α,β-unsaturated/α-hetero) is 1. The first kappa shape index (κ1) is 39.3. The number of hydrogen-bond acceptors (Lipinski definition) is 7. The molecule has 9 nitrogen and oxygen atoms in total. The summed E-state index contributed by atoms with van der Waals surface area (Å²) >= 11 is 0. The van der Waals surface area contributed by atoms with Crippen molar-refractivity contribution < 1.29 is 33.5 Å². The molecule has 54 heavy (non-hydrogen) atoms. The Morgan fingerprint density at radius 2 is 1.59 bits per heavy atom. The van der Waals surface area contributed by atoms with E-state index in [1.807, 2.05) is 13.8 Å². The fourth-order valence-corrected chi connectivity index (χ4v) is 14.5. The number of nitrogens with one attached hydrogen (secondary N) is 1. The Bertz CT molecular complexity index is 1770. The van der Waals surface area contributed by atoms with E-state index in [0.29, 0.717) is 59.9 Å². The fraction of sp³-hybridized carbons (Fsp3) is 0.800. The maximum absolute atomic E-state index is 14.0. The van der Waals surface area contributed by atoms with E-state index in [4.69, 9.17) is 9.26 Å². The van der Waals surface area contributed by atoms with Gasteiger partial charge in [0.2, 0.25) is 0 Å². The molecule has 0 aromatic carbocycles. The monoisotopic (exact) mass is 746 g/mol. The van der Waals surface area contributed by atoms with E-state index in [1.54, 1.807) is 13.8 Å². The van der Waals surface area contributed by atoms with Crippen molar-refractivity contribution in [1.82, 2.24) is 10.5 Å². The third-order valence-corrected chi connectivity index (χ3v) is 17.8. The molecule has 1 amide bonds. The maximum atomic E-state index is 14.0. The first-order chi connectivity index (χ1) is 25.1. The van der Waals surface area contributed by atoms with Crippen molar-refractivity contribution in [3.63, 3.8) is 0 Å². The van der Waals surface area contributed by atoms with Gasteiger partial charge in [0.15, 0.2) is 5.78 Å². The van der Waals surface area contributed by atoms with Crippen LogP contribution in [0.3, 0.4) is 0 Å². The van der Waals surface area contributed by atoms with Gasteiger partial charge in [0, 0.05) is 23.8 Å². The molecule has 7 rings (SSSR count). The van der Waals surface area contributed by atoms with Gasteiger partial charge in [0.05, 0.1) is 17.5 Å². The number of carbonyl (C=O) groups is 4. The molecular weight excluding hydrogens is 681 g/mol. The molecule has 5 fully saturated rings. The average molecular weight is 747 g/mol. The van der Waals surface area contributed by atoms with Gasteiger partial charge in [0.25, 0.3) is 5.91 Å². The summed E-state index contributed by atoms with van der Waals surface area (Å²) in [5, 5.41) is 16.8. The highest BCUT2D eigenvalue weighted by molar-refractivity contribution is 6.00. The first-order valence-corrected chi connectivity index (χ1v) is 21.0. The third-order valence-electron chi connectivity index (χ3n) is 17.8. The van der Waals surface area contributed by atoms with Crippen LogP contribution in [0.5, 0.6) is 0 Å². The highest BCUT2D eigenvalue weighted by Crippen LogP contribution is 2.77. The zero-order valence-electron chi connectivity index (χ0n) is 34.9. The van der Waals surface area contributed by atoms with E-state index in [1.165, 1.54) is 5.57 Å². The van der Waals surface area contributed by atoms with Gasteiger partial charge in [-0.15, -0.1) is 0 Å². The van der Waals surface area contributed by atoms with Crippen molar-refractivity contribution >= 4 is 23.6 Å². The molecule has 6 aliphatic rings. The van der Waals surface area contributed by atoms with Crippen molar-refractivity contribution in [3.8, 4) is 0 Å². The number of aromatic nitrogens is 1. The van der Waals surface area contributed by atoms with Gasteiger partial charge in [-0.2, -0.15) is 0 Å². The molecular formula is C45H66N2O7. The molecule has 1 aromatic rings. The quantitative estimate of drug-likeness (QED) is 0.252. The van der Waals surface area contributed by atoms with Crippen LogP contribution in [0.1, 0.15) is 155 Å². The molecule has 6 aliphatic carbocycles. The molecule has 1 aromatic heterocycles. The number of rotatable bonds is 8. The summed E-state index contributed by atoms with van der Waals surface area (Å²) in [4.78, 5) is 52.6. The zero-order valence-corrected chi connectivity index (χ0v) is 34.9. The number of aryl methyl sites for hydroxylation is 2. The SMILES string of the molecule is Cc1noc(C)c1C(=O)NCC[C@@]12CC[C@]3(C)[C@H](CC[C@@H]4[C@@]5(C)CC[C@H](OC(=O)[C@H]6C[C@@H](C(=O)O)C6(C)C)C(C)(C)[C@@H]5CC[C@]43C)C1=C(C(C)C)C(=O)C2. The summed E-state index contributed by atoms with van der Waals surface area (Å²) in [6, 6.07) is 0. The molecule has 10 atom stereocenters. The van der Waals surface area contributed by atoms with Gasteiger partial charge in [-0.3, -0.25) is 19.2 Å². The Morgan fingerprint density at radius 1 is 0.889 bits per heavy atom. The number of carboxylic acid groups (broad SMARTS) is 1. The maximum Gasteiger partial charge on any atom is 0.309 e. The molecule has 2 N–H and O–H groups in total. The van der Waals surface area contributed by atoms with Crippen LogP contribution in [-0.2, 0) is 19.1 Å². The minimum atomic E-state index is -0.829. The number of amides is 1. The van der Waals surface area contributed by atoms with Crippen LogP contribution in [0, 0.1) is 81.8 Å². The number of aliphatic carboxylic acids is 1. The van der Waals surface area contributed by atoms with Gasteiger partial charge in [-0.25, -0.2) is 0 Å². The predicted octanol–water partition coefficient (Wildman–Crippen LogP) is 9.05. The van der Waals surface area contributed by atoms with Crippen molar-refractivity contribution in [3.05, 3.63) is 28.2 Å². The van der Waals surface area contributed by atoms with Crippen LogP contribution in [0.15, 0.2) is 15.7 Å². The molecule has 0 radical (unpaired) electrons. The largest absolute Gasteiger partial charge is 0.481 e. The van der Waals surface area contributed by atoms with E-state index < -0.39 is 17.3 Å². The number of allylic oxidation sites excluding steroid dienone is 2. The highest BCUT2D eigenvalue weighted by atomic mass is 16.5. The Morgan fingerprint density at radius 3 is 2.20 bits per heavy atom. The van der Waals surface area contributed by atoms with Crippen LogP contribution >= 0.6 is 0 Å². The fourth-order valence-electron chi connectivity index (χ4n) is 14.5. The van der Waals surface area contributed by atoms with Crippen molar-refractivity contribution in [1.29, 1.82) is 0 Å². The standard InChI is InChI=1S/C45H66N2O7/c1-24(2)34-30(48)23-45(20-21-46-37(49)35-25(3)47-54-26(35)4)19-18-43(10)27(36(34)45)12-13-32-42(9)16-15-33(41(7,8)31(42)14-17-44(32,43)11)53-39(52)29-22-28(38(50)51)40(29,5)6/h24,27-29,31-33H,12-23H2,1-11H3,(H,46,49)(H,50,51)/t27-,28+,29-,31+,32-,33+,42+,43-,44-,45-/m1/s1. The van der Waals surface area contributed by atoms with Gasteiger partial charge < -0.3 is 19.7 Å². The molecule has 0 spiro atoms. The molecule has 0 aliphatic heterocycles. The number of nitrogens with zero attached hydrogens (tertiary/aromatic N) is 1. The summed E-state index contributed by atoms with van der Waals surface area (Å²) in [7, 11) is 0. The molecule has 1 heterocycles. The van der Waals surface area contributed by atoms with Crippen LogP contribution in [0.4, 0.5) is 0 Å². The smallest absolute Gasteiger partial charge is 0.309 e. The second-order valence-electron chi connectivity index (χ2n) is 21.0. The van der Waals surface area contributed by atoms with Crippen LogP contribution < -0.4 is 5.32 Å². The topological polar surface area (TPSA) is 136 Å². The number of esters is 1. The lowest BCUT2D eigenvalue weighted by molar-refractivity contribution is -0.236. The molecule has 0 unspecified atom stereocenters. The second kappa shape index (κ2) is 12.8. The average Bonchev–Trinajstić information content (AvgIpc) is 3.56. The zero-order chi connectivity index (χ0) is 39.6. The molecule has 5 saturated carbocycles. The van der Waals surface area contributed by atoms with E-state index in [-0.39, 0.29) is 56.9 Å². The Hall–Kier alpha value is -2.97. The Kier molecular flexibility index (Phi) is 9.29. The predicted molar refractivity (Wildman–Crippen MR) is 205 cm³/mol. The van der Waals surface area contributed by atoms with Crippen molar-refractivity contribution in [2.24, 2.45) is 68.0 Å². The Labute approximate surface area is 322 Å². The first-order valence-electron chi connectivity index (χ1n) is 21.0. The number of carboxylic acids is 1. The van der Waals surface area contributed by atoms with Gasteiger partial charge in [0.1, 0.15) is 17.4 Å². The van der Waals surface area contributed by atoms with Crippen LogP contribution in [-0.4, -0.2) is 46.5 Å². The van der Waals surface area contributed by atoms with Crippen molar-refractivity contribution in [2.75, 3.05) is 6.54 Å². The van der Waals surface area contributed by atoms with E-state index in [0.717, 1.165) is 63.4 Å². The lowest BCUT2D eigenvalue weighted by Gasteiger charge is -2.72. The Balaban J connectivity index is 1.12. The van der Waals surface area contributed by atoms with E-state index in [9.17, 15) is 24.3 Å². The van der Waals surface area contributed by atoms with Gasteiger partial charge >= 0.3 is 11.9 Å². The summed E-state index contributed by atoms with van der Waals surface area (Å²) in [5.41, 5.74) is 2.78. The minimum Gasteiger partial charge on any atom is -0.481 e. The van der Waals surface area contributed by atoms with E-state index in [2.05, 4.69) is 58.9 Å². The molecule has 9 heteroatoms. The lowest BCUT2D eigenvalue weighted by Crippen LogP contribution is -2.66. The minimum absolute atomic E-state index is 0.0391. The molecule has 0 bridgehead atoms. The lowest BCUT2D eigenvalue weighted by atomic mass is 9.33. The third kappa shape index (κ3) is 5.38. The van der Waals surface area contributed by atoms with Crippen molar-refractivity contribution in [2.45, 2.75) is 153 Å². The normalized spacial score (nSPS) is 40.6. The number of carbonyl (C=O) groups excluding carboxylic acids is 3. The number of hydrogen-bond donors (Lipinski definition) is 2. The van der Waals surface area contributed by atoms with Gasteiger partial charge in [-0.1, -0.05) is 73.0 Å². The highest BCUT2D eigenvalue weighted by Gasteiger charge is 2.70. The summed E-state index contributed by atoms with van der Waals surface area (Å²) < 4.78 is 11.7.